The summed E-state index contributed by atoms with van der Waals surface area (Å²) in [6, 6.07) is 0. The van der Waals surface area contributed by atoms with Crippen LogP contribution in [0.1, 0.15) is 40.0 Å². The Morgan fingerprint density at radius 1 is 1.47 bits per heavy atom. The molecule has 2 rings (SSSR count). The van der Waals surface area contributed by atoms with Crippen molar-refractivity contribution in [3.05, 3.63) is 0 Å². The molecule has 110 valence electrons. The Bertz CT molecular complexity index is 334. The van der Waals surface area contributed by atoms with Crippen molar-refractivity contribution in [1.82, 2.24) is 10.2 Å². The molecular weight excluding hydrogens is 244 g/mol. The van der Waals surface area contributed by atoms with Gasteiger partial charge in [0.15, 0.2) is 0 Å². The predicted octanol–water partition coefficient (Wildman–Crippen LogP) is 1.76. The van der Waals surface area contributed by atoms with Crippen molar-refractivity contribution in [2.75, 3.05) is 26.7 Å². The van der Waals surface area contributed by atoms with Crippen LogP contribution in [-0.4, -0.2) is 55.0 Å². The summed E-state index contributed by atoms with van der Waals surface area (Å²) in [5.41, 5.74) is -0.185. The van der Waals surface area contributed by atoms with Gasteiger partial charge in [0.25, 0.3) is 0 Å². The van der Waals surface area contributed by atoms with Crippen LogP contribution in [0.15, 0.2) is 0 Å². The number of carbonyl (C=O) groups is 1. The highest BCUT2D eigenvalue weighted by Crippen LogP contribution is 2.40. The van der Waals surface area contributed by atoms with Crippen molar-refractivity contribution in [3.8, 4) is 0 Å². The van der Waals surface area contributed by atoms with Crippen LogP contribution in [0.25, 0.3) is 0 Å². The maximum absolute atomic E-state index is 12.0. The van der Waals surface area contributed by atoms with Gasteiger partial charge in [-0.05, 0) is 47.1 Å². The van der Waals surface area contributed by atoms with E-state index < -0.39 is 5.60 Å². The third-order valence-electron chi connectivity index (χ3n) is 3.79. The Labute approximate surface area is 115 Å². The Balaban J connectivity index is 1.85. The molecule has 1 amide bonds. The maximum atomic E-state index is 12.0. The molecular formula is C14H26N2O3. The predicted molar refractivity (Wildman–Crippen MR) is 73.2 cm³/mol. The number of rotatable bonds is 3. The highest BCUT2D eigenvalue weighted by atomic mass is 16.6. The molecule has 0 radical (unpaired) electrons. The molecule has 5 nitrogen and oxygen atoms in total. The third kappa shape index (κ3) is 4.08. The molecule has 1 N–H and O–H groups in total. The van der Waals surface area contributed by atoms with Gasteiger partial charge in [-0.15, -0.1) is 0 Å². The lowest BCUT2D eigenvalue weighted by molar-refractivity contribution is -0.0483. The molecule has 0 aromatic heterocycles. The van der Waals surface area contributed by atoms with Gasteiger partial charge in [-0.1, -0.05) is 0 Å². The second-order valence-corrected chi connectivity index (χ2v) is 6.65. The molecule has 0 spiro atoms. The van der Waals surface area contributed by atoms with E-state index in [1.165, 1.54) is 12.8 Å². The summed E-state index contributed by atoms with van der Waals surface area (Å²) in [4.78, 5) is 13.8. The summed E-state index contributed by atoms with van der Waals surface area (Å²) in [6.07, 6.45) is 3.28. The lowest BCUT2D eigenvalue weighted by Gasteiger charge is -2.35. The number of morpholine rings is 1. The Kier molecular flexibility index (Phi) is 4.06. The van der Waals surface area contributed by atoms with Crippen LogP contribution in [0.4, 0.5) is 4.79 Å². The number of nitrogens with one attached hydrogen (secondary N) is 1. The van der Waals surface area contributed by atoms with Gasteiger partial charge >= 0.3 is 6.09 Å². The van der Waals surface area contributed by atoms with Crippen molar-refractivity contribution in [1.29, 1.82) is 0 Å². The van der Waals surface area contributed by atoms with Crippen LogP contribution in [0.5, 0.6) is 0 Å². The minimum atomic E-state index is -0.437. The van der Waals surface area contributed by atoms with Crippen LogP contribution in [0, 0.1) is 0 Å². The van der Waals surface area contributed by atoms with Gasteiger partial charge in [0.2, 0.25) is 0 Å². The molecule has 1 aliphatic heterocycles. The van der Waals surface area contributed by atoms with Crippen molar-refractivity contribution < 1.29 is 14.3 Å². The quantitative estimate of drug-likeness (QED) is 0.849. The molecule has 1 aliphatic carbocycles. The molecule has 0 aromatic carbocycles. The minimum Gasteiger partial charge on any atom is -0.444 e. The van der Waals surface area contributed by atoms with Crippen LogP contribution >= 0.6 is 0 Å². The zero-order chi connectivity index (χ0) is 14.1. The minimum absolute atomic E-state index is 0.121. The van der Waals surface area contributed by atoms with Gasteiger partial charge in [-0.25, -0.2) is 4.79 Å². The Hall–Kier alpha value is -0.810. The van der Waals surface area contributed by atoms with Crippen LogP contribution in [0.2, 0.25) is 0 Å². The van der Waals surface area contributed by atoms with E-state index in [2.05, 4.69) is 5.32 Å². The normalized spacial score (nSPS) is 26.1. The fourth-order valence-electron chi connectivity index (χ4n) is 2.48. The van der Waals surface area contributed by atoms with E-state index in [-0.39, 0.29) is 17.7 Å². The first-order valence-electron chi connectivity index (χ1n) is 7.12. The second-order valence-electron chi connectivity index (χ2n) is 6.65. The van der Waals surface area contributed by atoms with E-state index in [9.17, 15) is 4.79 Å². The van der Waals surface area contributed by atoms with Crippen LogP contribution in [0.3, 0.4) is 0 Å². The lowest BCUT2D eigenvalue weighted by Crippen LogP contribution is -2.49. The van der Waals surface area contributed by atoms with Gasteiger partial charge in [0, 0.05) is 12.1 Å². The van der Waals surface area contributed by atoms with Crippen LogP contribution in [-0.2, 0) is 9.47 Å². The average Bonchev–Trinajstić information content (AvgIpc) is 3.08. The fraction of sp³-hybridized carbons (Fsp3) is 0.929. The standard InChI is InChI=1S/C14H26N2O3/c1-13(2,3)19-12(17)16-7-8-18-11(10-16)9-14(15-4)5-6-14/h11,15H,5-10H2,1-4H3. The summed E-state index contributed by atoms with van der Waals surface area (Å²) in [5, 5.41) is 3.37. The first-order chi connectivity index (χ1) is 8.84. The fourth-order valence-corrected chi connectivity index (χ4v) is 2.48. The summed E-state index contributed by atoms with van der Waals surface area (Å²) < 4.78 is 11.2. The molecule has 1 atom stereocenters. The monoisotopic (exact) mass is 270 g/mol. The number of carbonyl (C=O) groups excluding carboxylic acids is 1. The van der Waals surface area contributed by atoms with Crippen LogP contribution < -0.4 is 5.32 Å². The number of amides is 1. The van der Waals surface area contributed by atoms with E-state index >= 15 is 0 Å². The van der Waals surface area contributed by atoms with Crippen molar-refractivity contribution in [2.45, 2.75) is 57.3 Å². The molecule has 2 fully saturated rings. The molecule has 5 heteroatoms. The van der Waals surface area contributed by atoms with E-state index in [4.69, 9.17) is 9.47 Å². The van der Waals surface area contributed by atoms with E-state index in [0.29, 0.717) is 19.7 Å². The molecule has 1 heterocycles. The number of ether oxygens (including phenoxy) is 2. The second kappa shape index (κ2) is 5.29. The summed E-state index contributed by atoms with van der Waals surface area (Å²) in [6.45, 7) is 7.54. The van der Waals surface area contributed by atoms with Gasteiger partial charge in [-0.3, -0.25) is 0 Å². The van der Waals surface area contributed by atoms with Gasteiger partial charge in [0.1, 0.15) is 5.60 Å². The Morgan fingerprint density at radius 3 is 2.68 bits per heavy atom. The third-order valence-corrected chi connectivity index (χ3v) is 3.79. The molecule has 0 aromatic rings. The number of hydrogen-bond donors (Lipinski definition) is 1. The van der Waals surface area contributed by atoms with E-state index in [0.717, 1.165) is 6.42 Å². The largest absolute Gasteiger partial charge is 0.444 e. The van der Waals surface area contributed by atoms with Crippen molar-refractivity contribution in [2.24, 2.45) is 0 Å². The smallest absolute Gasteiger partial charge is 0.410 e. The van der Waals surface area contributed by atoms with Crippen molar-refractivity contribution >= 4 is 6.09 Å². The highest BCUT2D eigenvalue weighted by molar-refractivity contribution is 5.68. The zero-order valence-electron chi connectivity index (χ0n) is 12.5. The lowest BCUT2D eigenvalue weighted by atomic mass is 10.1. The Morgan fingerprint density at radius 2 is 2.16 bits per heavy atom. The highest BCUT2D eigenvalue weighted by Gasteiger charge is 2.44. The molecule has 1 unspecified atom stereocenters. The van der Waals surface area contributed by atoms with Gasteiger partial charge in [-0.2, -0.15) is 0 Å². The van der Waals surface area contributed by atoms with Crippen molar-refractivity contribution in [3.63, 3.8) is 0 Å². The average molecular weight is 270 g/mol. The first kappa shape index (κ1) is 14.6. The molecule has 19 heavy (non-hydrogen) atoms. The molecule has 0 bridgehead atoms. The summed E-state index contributed by atoms with van der Waals surface area (Å²) in [5.74, 6) is 0. The molecule has 1 saturated heterocycles. The molecule has 2 aliphatic rings. The first-order valence-corrected chi connectivity index (χ1v) is 7.12. The summed E-state index contributed by atoms with van der Waals surface area (Å²) in [7, 11) is 2.00. The number of nitrogens with zero attached hydrogens (tertiary/aromatic N) is 1. The molecule has 1 saturated carbocycles. The topological polar surface area (TPSA) is 50.8 Å². The summed E-state index contributed by atoms with van der Waals surface area (Å²) >= 11 is 0. The zero-order valence-corrected chi connectivity index (χ0v) is 12.5. The van der Waals surface area contributed by atoms with E-state index in [1.807, 2.05) is 27.8 Å². The maximum Gasteiger partial charge on any atom is 0.410 e. The van der Waals surface area contributed by atoms with E-state index in [1.54, 1.807) is 4.90 Å². The number of hydrogen-bond acceptors (Lipinski definition) is 4. The SMILES string of the molecule is CNC1(CC2CN(C(=O)OC(C)(C)C)CCO2)CC1. The van der Waals surface area contributed by atoms with Gasteiger partial charge < -0.3 is 19.7 Å². The van der Waals surface area contributed by atoms with Gasteiger partial charge in [0.05, 0.1) is 19.3 Å².